The highest BCUT2D eigenvalue weighted by molar-refractivity contribution is 5.95. The summed E-state index contributed by atoms with van der Waals surface area (Å²) < 4.78 is 15.6. The normalized spacial score (nSPS) is 13.9. The molecule has 10 nitrogen and oxygen atoms in total. The van der Waals surface area contributed by atoms with Crippen molar-refractivity contribution in [2.24, 2.45) is 0 Å². The van der Waals surface area contributed by atoms with Crippen LogP contribution < -0.4 is 15.0 Å². The van der Waals surface area contributed by atoms with Gasteiger partial charge in [-0.05, 0) is 55.1 Å². The van der Waals surface area contributed by atoms with Crippen LogP contribution in [0, 0.1) is 6.92 Å². The molecule has 0 aliphatic carbocycles. The summed E-state index contributed by atoms with van der Waals surface area (Å²) in [5.41, 5.74) is 2.10. The number of hydrogen-bond acceptors (Lipinski definition) is 9. The van der Waals surface area contributed by atoms with Crippen LogP contribution in [0.4, 0.5) is 11.4 Å². The molecule has 35 heavy (non-hydrogen) atoms. The van der Waals surface area contributed by atoms with E-state index in [4.69, 9.17) is 14.0 Å². The summed E-state index contributed by atoms with van der Waals surface area (Å²) in [6.45, 7) is 8.80. The molecule has 3 aromatic rings. The molecule has 1 aromatic heterocycles. The number of carbonyl (C=O) groups excluding carboxylic acids is 2. The smallest absolute Gasteiger partial charge is 0.338 e. The molecule has 0 atom stereocenters. The van der Waals surface area contributed by atoms with Gasteiger partial charge >= 0.3 is 5.97 Å². The molecule has 2 heterocycles. The molecule has 0 bridgehead atoms. The number of amides is 1. The quantitative estimate of drug-likeness (QED) is 0.463. The van der Waals surface area contributed by atoms with E-state index in [-0.39, 0.29) is 13.2 Å². The molecule has 0 spiro atoms. The molecule has 0 radical (unpaired) electrons. The Bertz CT molecular complexity index is 1120. The highest BCUT2D eigenvalue weighted by Gasteiger charge is 2.16. The summed E-state index contributed by atoms with van der Waals surface area (Å²) in [5.74, 6) is 0.433. The maximum Gasteiger partial charge on any atom is 0.338 e. The largest absolute Gasteiger partial charge is 0.485 e. The van der Waals surface area contributed by atoms with Crippen LogP contribution in [0.5, 0.6) is 5.75 Å². The fraction of sp³-hybridized carbons (Fsp3) is 0.360. The number of carbonyl (C=O) groups is 2. The summed E-state index contributed by atoms with van der Waals surface area (Å²) >= 11 is 0. The van der Waals surface area contributed by atoms with Crippen LogP contribution in [-0.4, -0.2) is 66.2 Å². The van der Waals surface area contributed by atoms with E-state index in [1.165, 1.54) is 0 Å². The molecular formula is C25H29N5O5. The zero-order valence-electron chi connectivity index (χ0n) is 19.9. The zero-order valence-corrected chi connectivity index (χ0v) is 19.9. The number of aryl methyl sites for hydroxylation is 1. The molecule has 2 aromatic carbocycles. The van der Waals surface area contributed by atoms with Gasteiger partial charge in [0.15, 0.2) is 13.2 Å². The second kappa shape index (κ2) is 11.5. The van der Waals surface area contributed by atoms with Crippen LogP contribution in [-0.2, 0) is 16.1 Å². The molecule has 1 N–H and O–H groups in total. The second-order valence-electron chi connectivity index (χ2n) is 8.14. The Labute approximate surface area is 203 Å². The van der Waals surface area contributed by atoms with Crippen molar-refractivity contribution in [1.82, 2.24) is 15.0 Å². The van der Waals surface area contributed by atoms with Crippen molar-refractivity contribution in [2.45, 2.75) is 20.5 Å². The van der Waals surface area contributed by atoms with E-state index in [0.717, 1.165) is 38.4 Å². The van der Waals surface area contributed by atoms with Crippen LogP contribution in [0.1, 0.15) is 29.0 Å². The SMILES string of the molecule is CCN1CCN(c2ccc(NC(=O)COC(=O)c3ccc(OCc4noc(C)n4)cc3)cc2)CC1. The van der Waals surface area contributed by atoms with Gasteiger partial charge in [0.1, 0.15) is 5.75 Å². The van der Waals surface area contributed by atoms with Crippen molar-refractivity contribution in [3.8, 4) is 5.75 Å². The minimum atomic E-state index is -0.595. The van der Waals surface area contributed by atoms with Crippen LogP contribution in [0.3, 0.4) is 0 Å². The fourth-order valence-electron chi connectivity index (χ4n) is 3.72. The zero-order chi connectivity index (χ0) is 24.6. The average molecular weight is 480 g/mol. The summed E-state index contributed by atoms with van der Waals surface area (Å²) in [4.78, 5) is 33.3. The first-order valence-electron chi connectivity index (χ1n) is 11.6. The van der Waals surface area contributed by atoms with Gasteiger partial charge in [0, 0.05) is 44.5 Å². The minimum absolute atomic E-state index is 0.151. The number of piperazine rings is 1. The van der Waals surface area contributed by atoms with Crippen molar-refractivity contribution in [1.29, 1.82) is 0 Å². The van der Waals surface area contributed by atoms with Gasteiger partial charge in [-0.25, -0.2) is 4.79 Å². The number of aromatic nitrogens is 2. The number of ether oxygens (including phenoxy) is 2. The third-order valence-corrected chi connectivity index (χ3v) is 5.70. The van der Waals surface area contributed by atoms with E-state index in [1.807, 2.05) is 24.3 Å². The Morgan fingerprint density at radius 1 is 1.03 bits per heavy atom. The summed E-state index contributed by atoms with van der Waals surface area (Å²) in [5, 5.41) is 6.51. The lowest BCUT2D eigenvalue weighted by Crippen LogP contribution is -2.46. The number of esters is 1. The Morgan fingerprint density at radius 3 is 2.37 bits per heavy atom. The minimum Gasteiger partial charge on any atom is -0.485 e. The molecule has 1 saturated heterocycles. The average Bonchev–Trinajstić information content (AvgIpc) is 3.32. The summed E-state index contributed by atoms with van der Waals surface area (Å²) in [6.07, 6.45) is 0. The van der Waals surface area contributed by atoms with Crippen molar-refractivity contribution >= 4 is 23.3 Å². The molecule has 184 valence electrons. The van der Waals surface area contributed by atoms with Gasteiger partial charge in [0.2, 0.25) is 11.7 Å². The number of likely N-dealkylation sites (N-methyl/N-ethyl adjacent to an activating group) is 1. The lowest BCUT2D eigenvalue weighted by molar-refractivity contribution is -0.119. The molecule has 1 aliphatic rings. The lowest BCUT2D eigenvalue weighted by atomic mass is 10.2. The number of rotatable bonds is 9. The third-order valence-electron chi connectivity index (χ3n) is 5.70. The molecule has 1 amide bonds. The first-order valence-corrected chi connectivity index (χ1v) is 11.6. The van der Waals surface area contributed by atoms with Gasteiger partial charge in [-0.3, -0.25) is 4.79 Å². The van der Waals surface area contributed by atoms with E-state index in [0.29, 0.717) is 28.7 Å². The van der Waals surface area contributed by atoms with E-state index in [2.05, 4.69) is 32.2 Å². The Kier molecular flexibility index (Phi) is 7.94. The molecule has 10 heteroatoms. The van der Waals surface area contributed by atoms with Gasteiger partial charge in [0.05, 0.1) is 5.56 Å². The molecular weight excluding hydrogens is 450 g/mol. The molecule has 1 fully saturated rings. The van der Waals surface area contributed by atoms with Crippen LogP contribution in [0.2, 0.25) is 0 Å². The topological polar surface area (TPSA) is 110 Å². The van der Waals surface area contributed by atoms with Crippen LogP contribution in [0.15, 0.2) is 53.1 Å². The Balaban J connectivity index is 1.20. The van der Waals surface area contributed by atoms with Gasteiger partial charge in [0.25, 0.3) is 5.91 Å². The Hall–Kier alpha value is -3.92. The second-order valence-corrected chi connectivity index (χ2v) is 8.14. The third kappa shape index (κ3) is 6.80. The number of nitrogens with one attached hydrogen (secondary N) is 1. The van der Waals surface area contributed by atoms with Gasteiger partial charge in [-0.15, -0.1) is 0 Å². The van der Waals surface area contributed by atoms with Gasteiger partial charge in [-0.2, -0.15) is 4.98 Å². The van der Waals surface area contributed by atoms with E-state index in [1.54, 1.807) is 31.2 Å². The highest BCUT2D eigenvalue weighted by Crippen LogP contribution is 2.20. The van der Waals surface area contributed by atoms with Crippen molar-refractivity contribution in [3.05, 3.63) is 65.8 Å². The Morgan fingerprint density at radius 2 is 1.74 bits per heavy atom. The van der Waals surface area contributed by atoms with Gasteiger partial charge in [-0.1, -0.05) is 12.1 Å². The van der Waals surface area contributed by atoms with E-state index >= 15 is 0 Å². The predicted molar refractivity (Wildman–Crippen MR) is 129 cm³/mol. The first-order chi connectivity index (χ1) is 17.0. The predicted octanol–water partition coefficient (Wildman–Crippen LogP) is 2.89. The van der Waals surface area contributed by atoms with Gasteiger partial charge < -0.3 is 29.1 Å². The maximum atomic E-state index is 12.3. The molecule has 1 aliphatic heterocycles. The molecule has 4 rings (SSSR count). The van der Waals surface area contributed by atoms with E-state index in [9.17, 15) is 9.59 Å². The van der Waals surface area contributed by atoms with Crippen LogP contribution >= 0.6 is 0 Å². The monoisotopic (exact) mass is 479 g/mol. The van der Waals surface area contributed by atoms with Crippen LogP contribution in [0.25, 0.3) is 0 Å². The number of hydrogen-bond donors (Lipinski definition) is 1. The van der Waals surface area contributed by atoms with E-state index < -0.39 is 11.9 Å². The molecule has 0 saturated carbocycles. The summed E-state index contributed by atoms with van der Waals surface area (Å²) in [6, 6.07) is 14.1. The number of nitrogens with zero attached hydrogens (tertiary/aromatic N) is 4. The first kappa shape index (κ1) is 24.2. The van der Waals surface area contributed by atoms with Crippen molar-refractivity contribution in [3.63, 3.8) is 0 Å². The summed E-state index contributed by atoms with van der Waals surface area (Å²) in [7, 11) is 0. The van der Waals surface area contributed by atoms with Crippen molar-refractivity contribution in [2.75, 3.05) is 49.5 Å². The number of anilines is 2. The van der Waals surface area contributed by atoms with Crippen molar-refractivity contribution < 1.29 is 23.6 Å². The molecule has 0 unspecified atom stereocenters. The standard InChI is InChI=1S/C25H29N5O5/c1-3-29-12-14-30(15-13-29)21-8-6-20(7-9-21)27-24(31)17-34-25(32)19-4-10-22(11-5-19)33-16-23-26-18(2)35-28-23/h4-11H,3,12-17H2,1-2H3,(H,27,31). The highest BCUT2D eigenvalue weighted by atomic mass is 16.5. The maximum absolute atomic E-state index is 12.3. The fourth-order valence-corrected chi connectivity index (χ4v) is 3.72. The lowest BCUT2D eigenvalue weighted by Gasteiger charge is -2.35. The number of benzene rings is 2.